The number of aryl methyl sites for hydroxylation is 1. The van der Waals surface area contributed by atoms with E-state index in [4.69, 9.17) is 25.5 Å². The number of amides is 1. The predicted molar refractivity (Wildman–Crippen MR) is 148 cm³/mol. The van der Waals surface area contributed by atoms with E-state index in [1.807, 2.05) is 61.5 Å². The molecule has 5 aromatic rings. The molecule has 2 heterocycles. The highest BCUT2D eigenvalue weighted by molar-refractivity contribution is 6.33. The van der Waals surface area contributed by atoms with Gasteiger partial charge >= 0.3 is 17.7 Å². The Labute approximate surface area is 228 Å². The first-order valence-electron chi connectivity index (χ1n) is 12.4. The lowest BCUT2D eigenvalue weighted by Gasteiger charge is -2.18. The first-order valence-corrected chi connectivity index (χ1v) is 12.8. The van der Waals surface area contributed by atoms with E-state index in [-0.39, 0.29) is 29.4 Å². The number of halogens is 1. The average Bonchev–Trinajstić information content (AvgIpc) is 3.35. The summed E-state index contributed by atoms with van der Waals surface area (Å²) in [7, 11) is 0. The third kappa shape index (κ3) is 5.97. The number of carbonyl (C=O) groups is 2. The van der Waals surface area contributed by atoms with Crippen molar-refractivity contribution in [1.29, 1.82) is 0 Å². The zero-order chi connectivity index (χ0) is 27.4. The molecule has 0 bridgehead atoms. The Morgan fingerprint density at radius 2 is 1.77 bits per heavy atom. The molecule has 0 aliphatic rings. The Balaban J connectivity index is 1.40. The van der Waals surface area contributed by atoms with Gasteiger partial charge in [0.1, 0.15) is 18.2 Å². The van der Waals surface area contributed by atoms with Crippen molar-refractivity contribution in [1.82, 2.24) is 10.3 Å². The summed E-state index contributed by atoms with van der Waals surface area (Å²) >= 11 is 6.45. The maximum absolute atomic E-state index is 13.4. The third-order valence-corrected chi connectivity index (χ3v) is 6.66. The van der Waals surface area contributed by atoms with Gasteiger partial charge in [-0.2, -0.15) is 0 Å². The van der Waals surface area contributed by atoms with Crippen molar-refractivity contribution in [2.45, 2.75) is 32.4 Å². The Bertz CT molecular complexity index is 1710. The van der Waals surface area contributed by atoms with E-state index >= 15 is 0 Å². The van der Waals surface area contributed by atoms with Crippen LogP contribution in [0, 0.1) is 0 Å². The number of rotatable bonds is 8. The van der Waals surface area contributed by atoms with E-state index in [1.54, 1.807) is 12.3 Å². The van der Waals surface area contributed by atoms with Gasteiger partial charge in [-0.15, -0.1) is 0 Å². The fourth-order valence-corrected chi connectivity index (χ4v) is 4.60. The Hall–Kier alpha value is -4.56. The van der Waals surface area contributed by atoms with Gasteiger partial charge in [0.25, 0.3) is 0 Å². The van der Waals surface area contributed by atoms with Gasteiger partial charge in [-0.1, -0.05) is 67.1 Å². The molecule has 2 N–H and O–H groups in total. The van der Waals surface area contributed by atoms with Crippen LogP contribution in [0.1, 0.15) is 23.6 Å². The molecule has 198 valence electrons. The number of carbonyl (C=O) groups excluding carboxylic acids is 2. The van der Waals surface area contributed by atoms with E-state index in [2.05, 4.69) is 10.3 Å². The zero-order valence-corrected chi connectivity index (χ0v) is 21.8. The molecule has 3 aromatic carbocycles. The molecule has 0 saturated heterocycles. The number of benzene rings is 3. The fourth-order valence-electron chi connectivity index (χ4n) is 4.40. The summed E-state index contributed by atoms with van der Waals surface area (Å²) in [5.74, 6) is -0.749. The molecule has 1 unspecified atom stereocenters. The summed E-state index contributed by atoms with van der Waals surface area (Å²) in [5, 5.41) is 4.35. The number of aromatic nitrogens is 1. The van der Waals surface area contributed by atoms with Crippen molar-refractivity contribution in [3.05, 3.63) is 111 Å². The van der Waals surface area contributed by atoms with Gasteiger partial charge < -0.3 is 24.2 Å². The lowest BCUT2D eigenvalue weighted by Crippen LogP contribution is -2.44. The number of ether oxygens (including phenoxy) is 2. The Kier molecular flexibility index (Phi) is 7.65. The highest BCUT2D eigenvalue weighted by Gasteiger charge is 2.26. The zero-order valence-electron chi connectivity index (χ0n) is 21.0. The SMILES string of the molecule is CCc1cc(=O)oc2cc(OC(=O)C(Cc3c[nH]c4ccccc34)NC(=O)OCc3ccccc3)c(Cl)cc12. The first-order chi connectivity index (χ1) is 18.9. The highest BCUT2D eigenvalue weighted by atomic mass is 35.5. The number of alkyl carbamates (subject to hydrolysis) is 1. The summed E-state index contributed by atoms with van der Waals surface area (Å²) in [6, 6.07) is 20.1. The molecule has 1 amide bonds. The van der Waals surface area contributed by atoms with Crippen LogP contribution in [0.2, 0.25) is 5.02 Å². The van der Waals surface area contributed by atoms with Gasteiger partial charge in [-0.3, -0.25) is 0 Å². The van der Waals surface area contributed by atoms with E-state index in [1.165, 1.54) is 12.1 Å². The molecular formula is C30H25ClN2O6. The van der Waals surface area contributed by atoms with Gasteiger partial charge in [-0.05, 0) is 35.2 Å². The third-order valence-electron chi connectivity index (χ3n) is 6.36. The molecule has 0 radical (unpaired) electrons. The van der Waals surface area contributed by atoms with E-state index < -0.39 is 23.7 Å². The van der Waals surface area contributed by atoms with Crippen molar-refractivity contribution in [2.75, 3.05) is 0 Å². The molecule has 0 saturated carbocycles. The molecule has 0 aliphatic carbocycles. The molecule has 9 heteroatoms. The summed E-state index contributed by atoms with van der Waals surface area (Å²) < 4.78 is 16.3. The molecule has 8 nitrogen and oxygen atoms in total. The van der Waals surface area contributed by atoms with Crippen LogP contribution in [0.5, 0.6) is 5.75 Å². The number of para-hydroxylation sites is 1. The largest absolute Gasteiger partial charge is 0.445 e. The second-order valence-electron chi connectivity index (χ2n) is 8.97. The van der Waals surface area contributed by atoms with Crippen LogP contribution >= 0.6 is 11.6 Å². The summed E-state index contributed by atoms with van der Waals surface area (Å²) in [4.78, 5) is 41.3. The van der Waals surface area contributed by atoms with Crippen LogP contribution in [0.25, 0.3) is 21.9 Å². The molecule has 0 spiro atoms. The monoisotopic (exact) mass is 544 g/mol. The lowest BCUT2D eigenvalue weighted by atomic mass is 10.0. The van der Waals surface area contributed by atoms with E-state index in [9.17, 15) is 14.4 Å². The van der Waals surface area contributed by atoms with Crippen molar-refractivity contribution in [3.63, 3.8) is 0 Å². The second kappa shape index (κ2) is 11.4. The standard InChI is InChI=1S/C30H25ClN2O6/c1-2-19-13-28(34)38-26-15-27(23(31)14-22(19)26)39-29(35)25(12-20-16-32-24-11-7-6-10-21(20)24)33-30(36)37-17-18-8-4-3-5-9-18/h3-11,13-16,25,32H,2,12,17H2,1H3,(H,33,36). The summed E-state index contributed by atoms with van der Waals surface area (Å²) in [5.41, 5.74) is 3.00. The van der Waals surface area contributed by atoms with Gasteiger partial charge in [-0.25, -0.2) is 14.4 Å². The Morgan fingerprint density at radius 1 is 1.00 bits per heavy atom. The second-order valence-corrected chi connectivity index (χ2v) is 9.37. The fraction of sp³-hybridized carbons (Fsp3) is 0.167. The number of aromatic amines is 1. The number of H-pyrrole nitrogens is 1. The van der Waals surface area contributed by atoms with Crippen LogP contribution in [-0.4, -0.2) is 23.1 Å². The highest BCUT2D eigenvalue weighted by Crippen LogP contribution is 2.32. The minimum atomic E-state index is -1.10. The first kappa shape index (κ1) is 26.1. The van der Waals surface area contributed by atoms with Gasteiger partial charge in [0.2, 0.25) is 0 Å². The van der Waals surface area contributed by atoms with Crippen LogP contribution in [0.15, 0.2) is 88.2 Å². The van der Waals surface area contributed by atoms with Crippen LogP contribution in [0.4, 0.5) is 4.79 Å². The van der Waals surface area contributed by atoms with Gasteiger partial charge in [0, 0.05) is 41.0 Å². The lowest BCUT2D eigenvalue weighted by molar-refractivity contribution is -0.136. The number of nitrogens with one attached hydrogen (secondary N) is 2. The van der Waals surface area contributed by atoms with Crippen LogP contribution in [-0.2, 0) is 29.0 Å². The summed E-state index contributed by atoms with van der Waals surface area (Å²) in [6.07, 6.45) is 1.73. The predicted octanol–water partition coefficient (Wildman–Crippen LogP) is 5.93. The number of hydrogen-bond acceptors (Lipinski definition) is 6. The topological polar surface area (TPSA) is 111 Å². The molecule has 0 aliphatic heterocycles. The van der Waals surface area contributed by atoms with Gasteiger partial charge in [0.15, 0.2) is 5.75 Å². The number of fused-ring (bicyclic) bond motifs is 2. The molecule has 39 heavy (non-hydrogen) atoms. The molecule has 2 aromatic heterocycles. The Morgan fingerprint density at radius 3 is 2.56 bits per heavy atom. The molecular weight excluding hydrogens is 520 g/mol. The van der Waals surface area contributed by atoms with Crippen molar-refractivity contribution in [2.24, 2.45) is 0 Å². The number of hydrogen-bond donors (Lipinski definition) is 2. The van der Waals surface area contributed by atoms with Crippen molar-refractivity contribution >= 4 is 45.5 Å². The normalized spacial score (nSPS) is 11.8. The minimum absolute atomic E-state index is 0.00829. The molecule has 5 rings (SSSR count). The van der Waals surface area contributed by atoms with E-state index in [0.717, 1.165) is 27.6 Å². The van der Waals surface area contributed by atoms with Crippen molar-refractivity contribution < 1.29 is 23.5 Å². The summed E-state index contributed by atoms with van der Waals surface area (Å²) in [6.45, 7) is 1.95. The van der Waals surface area contributed by atoms with E-state index in [0.29, 0.717) is 11.8 Å². The number of esters is 1. The average molecular weight is 545 g/mol. The smallest absolute Gasteiger partial charge is 0.408 e. The molecule has 0 fully saturated rings. The maximum Gasteiger partial charge on any atom is 0.408 e. The van der Waals surface area contributed by atoms with Crippen LogP contribution < -0.4 is 15.7 Å². The maximum atomic E-state index is 13.4. The quantitative estimate of drug-likeness (QED) is 0.142. The van der Waals surface area contributed by atoms with Crippen LogP contribution in [0.3, 0.4) is 0 Å². The minimum Gasteiger partial charge on any atom is -0.445 e. The molecule has 1 atom stereocenters. The van der Waals surface area contributed by atoms with Gasteiger partial charge in [0.05, 0.1) is 5.02 Å². The van der Waals surface area contributed by atoms with Crippen molar-refractivity contribution in [3.8, 4) is 5.75 Å².